The number of aliphatic hydroxyl groups excluding tert-OH is 1. The number of fused-ring (bicyclic) bond motifs is 1. The number of methoxy groups -OCH3 is 1. The number of nitrogens with zero attached hydrogens (tertiary/aromatic N) is 2. The van der Waals surface area contributed by atoms with Gasteiger partial charge >= 0.3 is 11.9 Å². The molecule has 2 aromatic carbocycles. The quantitative estimate of drug-likeness (QED) is 0.195. The van der Waals surface area contributed by atoms with Gasteiger partial charge in [0.15, 0.2) is 11.5 Å². The number of hydrogen-bond donors (Lipinski definition) is 3. The van der Waals surface area contributed by atoms with Gasteiger partial charge < -0.3 is 24.8 Å². The highest BCUT2D eigenvalue weighted by molar-refractivity contribution is 7.90. The Bertz CT molecular complexity index is 1650. The molecule has 1 aliphatic carbocycles. The number of carboxylic acid groups (broad SMARTS) is 2. The minimum atomic E-state index is -3.72. The van der Waals surface area contributed by atoms with E-state index in [4.69, 9.17) is 19.7 Å². The van der Waals surface area contributed by atoms with Crippen LogP contribution in [-0.2, 0) is 31.6 Å². The van der Waals surface area contributed by atoms with Gasteiger partial charge in [0.25, 0.3) is 15.9 Å². The molecule has 0 bridgehead atoms. The van der Waals surface area contributed by atoms with Gasteiger partial charge in [-0.15, -0.1) is 0 Å². The third-order valence-electron chi connectivity index (χ3n) is 8.90. The van der Waals surface area contributed by atoms with Crippen molar-refractivity contribution in [2.45, 2.75) is 67.6 Å². The van der Waals surface area contributed by atoms with E-state index in [1.807, 2.05) is 12.1 Å². The summed E-state index contributed by atoms with van der Waals surface area (Å²) < 4.78 is 38.5. The van der Waals surface area contributed by atoms with Crippen LogP contribution in [0.5, 0.6) is 11.5 Å². The highest BCUT2D eigenvalue weighted by Gasteiger charge is 2.52. The van der Waals surface area contributed by atoms with Crippen LogP contribution in [0.15, 0.2) is 65.6 Å². The van der Waals surface area contributed by atoms with Crippen molar-refractivity contribution in [1.82, 2.24) is 9.21 Å². The number of ether oxygens (including phenoxy) is 2. The molecule has 6 rings (SSSR count). The lowest BCUT2D eigenvalue weighted by Gasteiger charge is -2.35. The normalized spacial score (nSPS) is 23.9. The molecule has 1 amide bonds. The molecule has 3 heterocycles. The summed E-state index contributed by atoms with van der Waals surface area (Å²) in [5, 5.41) is 25.9. The van der Waals surface area contributed by atoms with Gasteiger partial charge in [0.2, 0.25) is 0 Å². The highest BCUT2D eigenvalue weighted by Crippen LogP contribution is 2.55. The van der Waals surface area contributed by atoms with Crippen molar-refractivity contribution in [3.63, 3.8) is 0 Å². The Morgan fingerprint density at radius 3 is 2.41 bits per heavy atom. The summed E-state index contributed by atoms with van der Waals surface area (Å²) in [6, 6.07) is 10.6. The predicted molar refractivity (Wildman–Crippen MR) is 166 cm³/mol. The van der Waals surface area contributed by atoms with E-state index in [9.17, 15) is 27.9 Å². The van der Waals surface area contributed by atoms with Gasteiger partial charge in [0.1, 0.15) is 11.0 Å². The van der Waals surface area contributed by atoms with Crippen LogP contribution < -0.4 is 9.47 Å². The summed E-state index contributed by atoms with van der Waals surface area (Å²) in [4.78, 5) is 34.3. The maximum atomic E-state index is 12.7. The largest absolute Gasteiger partial charge is 0.493 e. The van der Waals surface area contributed by atoms with Gasteiger partial charge in [-0.05, 0) is 56.1 Å². The number of carbonyl (C=O) groups is 3. The van der Waals surface area contributed by atoms with E-state index in [1.54, 1.807) is 25.3 Å². The monoisotopic (exact) mass is 654 g/mol. The first-order chi connectivity index (χ1) is 22.0. The van der Waals surface area contributed by atoms with Gasteiger partial charge in [0, 0.05) is 37.2 Å². The molecule has 3 atom stereocenters. The zero-order chi connectivity index (χ0) is 33.1. The molecular weight excluding hydrogens is 616 g/mol. The van der Waals surface area contributed by atoms with Gasteiger partial charge in [-0.2, -0.15) is 0 Å². The van der Waals surface area contributed by atoms with Crippen LogP contribution in [0.1, 0.15) is 60.0 Å². The van der Waals surface area contributed by atoms with E-state index in [1.165, 1.54) is 17.2 Å². The molecule has 0 aromatic heterocycles. The van der Waals surface area contributed by atoms with Crippen molar-refractivity contribution in [2.75, 3.05) is 26.7 Å². The van der Waals surface area contributed by atoms with Gasteiger partial charge in [-0.25, -0.2) is 22.3 Å². The number of amides is 1. The van der Waals surface area contributed by atoms with E-state index >= 15 is 0 Å². The number of rotatable bonds is 10. The number of aliphatic carboxylic acids is 2. The number of sulfonamides is 1. The van der Waals surface area contributed by atoms with Crippen LogP contribution in [0.2, 0.25) is 0 Å². The van der Waals surface area contributed by atoms with Crippen LogP contribution in [0.25, 0.3) is 0 Å². The molecule has 13 heteroatoms. The summed E-state index contributed by atoms with van der Waals surface area (Å²) >= 11 is 0. The fourth-order valence-corrected chi connectivity index (χ4v) is 8.33. The van der Waals surface area contributed by atoms with Crippen molar-refractivity contribution in [3.05, 3.63) is 77.4 Å². The fraction of sp³-hybridized carbons (Fsp3) is 0.424. The second-order valence-electron chi connectivity index (χ2n) is 11.8. The maximum Gasteiger partial charge on any atom is 0.328 e. The predicted octanol–water partition coefficient (Wildman–Crippen LogP) is 3.34. The first-order valence-electron chi connectivity index (χ1n) is 15.2. The van der Waals surface area contributed by atoms with E-state index in [-0.39, 0.29) is 28.5 Å². The van der Waals surface area contributed by atoms with Crippen molar-refractivity contribution < 1.29 is 47.6 Å². The van der Waals surface area contributed by atoms with Crippen LogP contribution >= 0.6 is 0 Å². The summed E-state index contributed by atoms with van der Waals surface area (Å²) in [7, 11) is -2.06. The lowest BCUT2D eigenvalue weighted by Crippen LogP contribution is -2.43. The molecular formula is C33H38N2O10S. The lowest BCUT2D eigenvalue weighted by atomic mass is 9.69. The van der Waals surface area contributed by atoms with Crippen LogP contribution in [0.4, 0.5) is 0 Å². The first kappa shape index (κ1) is 33.2. The number of hydrogen-bond acceptors (Lipinski definition) is 9. The zero-order valence-corrected chi connectivity index (χ0v) is 26.3. The van der Waals surface area contributed by atoms with Crippen LogP contribution in [0, 0.1) is 0 Å². The van der Waals surface area contributed by atoms with Gasteiger partial charge in [0.05, 0.1) is 24.2 Å². The Morgan fingerprint density at radius 1 is 1.04 bits per heavy atom. The molecule has 2 aromatic rings. The van der Waals surface area contributed by atoms with Crippen molar-refractivity contribution >= 4 is 27.9 Å². The Balaban J connectivity index is 0.000000463. The minimum absolute atomic E-state index is 0.0942. The second kappa shape index (κ2) is 13.7. The molecule has 0 saturated carbocycles. The average molecular weight is 655 g/mol. The minimum Gasteiger partial charge on any atom is -0.493 e. The third kappa shape index (κ3) is 6.53. The van der Waals surface area contributed by atoms with Gasteiger partial charge in [-0.3, -0.25) is 9.69 Å². The van der Waals surface area contributed by atoms with E-state index in [2.05, 4.69) is 17.0 Å². The Kier molecular flexibility index (Phi) is 9.85. The number of carboxylic acids is 2. The molecule has 0 unspecified atom stereocenters. The fourth-order valence-electron chi connectivity index (χ4n) is 6.72. The van der Waals surface area contributed by atoms with Gasteiger partial charge in [-0.1, -0.05) is 43.2 Å². The molecule has 12 nitrogen and oxygen atoms in total. The summed E-state index contributed by atoms with van der Waals surface area (Å²) in [5.74, 6) is -1.36. The summed E-state index contributed by atoms with van der Waals surface area (Å²) in [6.07, 6.45) is 9.59. The number of benzene rings is 2. The molecule has 0 radical (unpaired) electrons. The first-order valence-corrected chi connectivity index (χ1v) is 16.7. The Labute approximate surface area is 267 Å². The van der Waals surface area contributed by atoms with E-state index in [0.29, 0.717) is 25.0 Å². The van der Waals surface area contributed by atoms with E-state index < -0.39 is 34.0 Å². The maximum absolute atomic E-state index is 12.7. The van der Waals surface area contributed by atoms with Crippen LogP contribution in [-0.4, -0.2) is 89.7 Å². The summed E-state index contributed by atoms with van der Waals surface area (Å²) in [5.41, 5.74) is 2.50. The van der Waals surface area contributed by atoms with Crippen molar-refractivity contribution in [1.29, 1.82) is 0 Å². The second-order valence-corrected chi connectivity index (χ2v) is 13.6. The molecule has 3 aliphatic heterocycles. The Hall–Kier alpha value is -4.20. The lowest BCUT2D eigenvalue weighted by molar-refractivity contribution is -0.134. The number of unbranched alkanes of at least 4 members (excludes halogenated alkanes) is 3. The average Bonchev–Trinajstić information content (AvgIpc) is 3.38. The van der Waals surface area contributed by atoms with E-state index in [0.717, 1.165) is 61.1 Å². The van der Waals surface area contributed by atoms with Crippen LogP contribution in [0.3, 0.4) is 0 Å². The topological polar surface area (TPSA) is 171 Å². The third-order valence-corrected chi connectivity index (χ3v) is 10.7. The molecule has 0 fully saturated rings. The molecule has 1 spiro atoms. The molecule has 246 valence electrons. The smallest absolute Gasteiger partial charge is 0.328 e. The number of aliphatic hydroxyl groups is 1. The standard InChI is InChI=1S/C29H34N2O6S.C4H4O4/c1-36-23-11-10-20-19-30(17-14-29-13-12-21(32)18-25(29)37-27(23)26(20)29)15-6-2-3-7-16-31-28(33)22-8-4-5-9-24(22)38(31,34)35;5-3(6)1-2-4(7)8/h4-5,8-13,21,25,32H,2-3,6-7,14-19H2,1H3;1-2H,(H,5,6)(H,7,8)/b;2-1+/t21-,25+,29+;/m0./s1. The Morgan fingerprint density at radius 2 is 1.74 bits per heavy atom. The molecule has 46 heavy (non-hydrogen) atoms. The number of carbonyl (C=O) groups excluding carboxylic acids is 1. The molecule has 4 aliphatic rings. The SMILES string of the molecule is COc1ccc2c3c1O[C@@H]1C[C@@H](O)C=C[C@]31CCN(CCCCCCN1C(=O)c3ccccc3S1(=O)=O)C2.O=C(O)/C=C/C(=O)O. The van der Waals surface area contributed by atoms with Crippen molar-refractivity contribution in [2.24, 2.45) is 0 Å². The molecule has 3 N–H and O–H groups in total. The highest BCUT2D eigenvalue weighted by atomic mass is 32.2. The molecule has 0 saturated heterocycles. The zero-order valence-electron chi connectivity index (χ0n) is 25.5. The summed E-state index contributed by atoms with van der Waals surface area (Å²) in [6.45, 7) is 2.93. The van der Waals surface area contributed by atoms with Crippen molar-refractivity contribution in [3.8, 4) is 11.5 Å².